The summed E-state index contributed by atoms with van der Waals surface area (Å²) in [6, 6.07) is 19.4. The van der Waals surface area contributed by atoms with Crippen LogP contribution in [-0.2, 0) is 0 Å². The van der Waals surface area contributed by atoms with Crippen molar-refractivity contribution in [1.82, 2.24) is 0 Å². The molecule has 1 nitrogen and oxygen atoms in total. The fraction of sp³-hybridized carbons (Fsp3) is 0.118. The third-order valence-corrected chi connectivity index (χ3v) is 3.63. The van der Waals surface area contributed by atoms with Gasteiger partial charge in [0.2, 0.25) is 0 Å². The van der Waals surface area contributed by atoms with Gasteiger partial charge >= 0.3 is 0 Å². The van der Waals surface area contributed by atoms with Crippen molar-refractivity contribution in [3.63, 3.8) is 0 Å². The number of hydrogen-bond donors (Lipinski definition) is 0. The van der Waals surface area contributed by atoms with E-state index in [1.807, 2.05) is 60.7 Å². The van der Waals surface area contributed by atoms with E-state index in [9.17, 15) is 4.79 Å². The molecule has 0 heterocycles. The van der Waals surface area contributed by atoms with Gasteiger partial charge in [0.15, 0.2) is 5.78 Å². The predicted octanol–water partition coefficient (Wildman–Crippen LogP) is 4.66. The smallest absolute Gasteiger partial charge is 0.186 e. The SMILES string of the molecule is CCS/C(=C\C(=O)c1ccccc1)c1ccccc1. The fourth-order valence-corrected chi connectivity index (χ4v) is 2.58. The lowest BCUT2D eigenvalue weighted by Gasteiger charge is -2.05. The number of thioether (sulfide) groups is 1. The van der Waals surface area contributed by atoms with Gasteiger partial charge in [0.1, 0.15) is 0 Å². The van der Waals surface area contributed by atoms with Crippen molar-refractivity contribution in [2.24, 2.45) is 0 Å². The Kier molecular flexibility index (Phi) is 4.99. The van der Waals surface area contributed by atoms with Crippen LogP contribution in [0.2, 0.25) is 0 Å². The van der Waals surface area contributed by atoms with E-state index < -0.39 is 0 Å². The number of allylic oxidation sites excluding steroid dienone is 1. The number of carbonyl (C=O) groups is 1. The highest BCUT2D eigenvalue weighted by atomic mass is 32.2. The minimum atomic E-state index is 0.0559. The highest BCUT2D eigenvalue weighted by Gasteiger charge is 2.06. The molecule has 0 aliphatic carbocycles. The summed E-state index contributed by atoms with van der Waals surface area (Å²) in [6.45, 7) is 2.09. The van der Waals surface area contributed by atoms with E-state index in [0.29, 0.717) is 0 Å². The standard InChI is InChI=1S/C17H16OS/c1-2-19-17(15-11-7-4-8-12-15)13-16(18)14-9-5-3-6-10-14/h3-13H,2H2,1H3/b17-13-. The Morgan fingerprint density at radius 3 is 2.00 bits per heavy atom. The van der Waals surface area contributed by atoms with Crippen molar-refractivity contribution in [1.29, 1.82) is 0 Å². The Morgan fingerprint density at radius 1 is 0.947 bits per heavy atom. The average molecular weight is 268 g/mol. The zero-order valence-corrected chi connectivity index (χ0v) is 11.7. The molecule has 0 aliphatic rings. The molecule has 0 saturated heterocycles. The van der Waals surface area contributed by atoms with E-state index in [4.69, 9.17) is 0 Å². The molecule has 96 valence electrons. The molecule has 0 radical (unpaired) electrons. The van der Waals surface area contributed by atoms with Gasteiger partial charge < -0.3 is 0 Å². The molecule has 0 atom stereocenters. The van der Waals surface area contributed by atoms with E-state index in [1.165, 1.54) is 0 Å². The minimum Gasteiger partial charge on any atom is -0.289 e. The van der Waals surface area contributed by atoms with E-state index in [2.05, 4.69) is 6.92 Å². The number of carbonyl (C=O) groups excluding carboxylic acids is 1. The van der Waals surface area contributed by atoms with Crippen LogP contribution in [0.15, 0.2) is 66.7 Å². The number of hydrogen-bond acceptors (Lipinski definition) is 2. The fourth-order valence-electron chi connectivity index (χ4n) is 1.77. The third-order valence-electron chi connectivity index (χ3n) is 2.68. The Bertz CT molecular complexity index is 558. The predicted molar refractivity (Wildman–Crippen MR) is 83.3 cm³/mol. The lowest BCUT2D eigenvalue weighted by atomic mass is 10.1. The molecular weight excluding hydrogens is 252 g/mol. The molecule has 0 aromatic heterocycles. The van der Waals surface area contributed by atoms with E-state index in [0.717, 1.165) is 21.8 Å². The second-order valence-electron chi connectivity index (χ2n) is 4.04. The number of ketones is 1. The quantitative estimate of drug-likeness (QED) is 0.579. The van der Waals surface area contributed by atoms with Crippen molar-refractivity contribution in [3.8, 4) is 0 Å². The highest BCUT2D eigenvalue weighted by molar-refractivity contribution is 8.08. The van der Waals surface area contributed by atoms with Crippen molar-refractivity contribution in [2.45, 2.75) is 6.92 Å². The van der Waals surface area contributed by atoms with Gasteiger partial charge in [-0.25, -0.2) is 0 Å². The van der Waals surface area contributed by atoms with Crippen LogP contribution < -0.4 is 0 Å². The molecule has 2 rings (SSSR count). The van der Waals surface area contributed by atoms with Crippen molar-refractivity contribution >= 4 is 22.5 Å². The lowest BCUT2D eigenvalue weighted by Crippen LogP contribution is -1.95. The molecular formula is C17H16OS. The first-order valence-corrected chi connectivity index (χ1v) is 7.29. The van der Waals surface area contributed by atoms with Crippen LogP contribution in [0.1, 0.15) is 22.8 Å². The van der Waals surface area contributed by atoms with Crippen molar-refractivity contribution < 1.29 is 4.79 Å². The Labute approximate surface area is 118 Å². The van der Waals surface area contributed by atoms with Gasteiger partial charge in [0, 0.05) is 16.5 Å². The zero-order chi connectivity index (χ0) is 13.5. The molecule has 0 amide bonds. The van der Waals surface area contributed by atoms with Crippen LogP contribution in [0, 0.1) is 0 Å². The lowest BCUT2D eigenvalue weighted by molar-refractivity contribution is 0.104. The summed E-state index contributed by atoms with van der Waals surface area (Å²) in [4.78, 5) is 13.2. The Morgan fingerprint density at radius 2 is 1.47 bits per heavy atom. The molecule has 2 aromatic rings. The minimum absolute atomic E-state index is 0.0559. The summed E-state index contributed by atoms with van der Waals surface area (Å²) in [5.74, 6) is 1.00. The maximum absolute atomic E-state index is 12.2. The van der Waals surface area contributed by atoms with Crippen molar-refractivity contribution in [2.75, 3.05) is 5.75 Å². The molecule has 2 heteroatoms. The van der Waals surface area contributed by atoms with Crippen LogP contribution in [-0.4, -0.2) is 11.5 Å². The summed E-state index contributed by atoms with van der Waals surface area (Å²) < 4.78 is 0. The maximum atomic E-state index is 12.2. The highest BCUT2D eigenvalue weighted by Crippen LogP contribution is 2.27. The van der Waals surface area contributed by atoms with Crippen LogP contribution >= 0.6 is 11.8 Å². The first-order chi connectivity index (χ1) is 9.31. The van der Waals surface area contributed by atoms with Gasteiger partial charge in [-0.3, -0.25) is 4.79 Å². The monoisotopic (exact) mass is 268 g/mol. The van der Waals surface area contributed by atoms with Crippen LogP contribution in [0.4, 0.5) is 0 Å². The molecule has 0 N–H and O–H groups in total. The molecule has 0 saturated carbocycles. The largest absolute Gasteiger partial charge is 0.289 e. The first kappa shape index (κ1) is 13.6. The molecule has 0 bridgehead atoms. The third kappa shape index (κ3) is 3.83. The summed E-state index contributed by atoms with van der Waals surface area (Å²) >= 11 is 1.69. The number of benzene rings is 2. The molecule has 0 unspecified atom stereocenters. The molecule has 2 aromatic carbocycles. The normalized spacial score (nSPS) is 11.3. The van der Waals surface area contributed by atoms with E-state index in [1.54, 1.807) is 17.8 Å². The second kappa shape index (κ2) is 6.95. The van der Waals surface area contributed by atoms with Crippen molar-refractivity contribution in [3.05, 3.63) is 77.9 Å². The molecule has 0 fully saturated rings. The van der Waals surface area contributed by atoms with Crippen LogP contribution in [0.3, 0.4) is 0 Å². The molecule has 0 spiro atoms. The first-order valence-electron chi connectivity index (χ1n) is 6.30. The zero-order valence-electron chi connectivity index (χ0n) is 10.9. The van der Waals surface area contributed by atoms with E-state index >= 15 is 0 Å². The summed E-state index contributed by atoms with van der Waals surface area (Å²) in [7, 11) is 0. The van der Waals surface area contributed by atoms with Gasteiger partial charge in [-0.1, -0.05) is 67.6 Å². The van der Waals surface area contributed by atoms with Crippen LogP contribution in [0.25, 0.3) is 4.91 Å². The average Bonchev–Trinajstić information content (AvgIpc) is 2.48. The summed E-state index contributed by atoms with van der Waals surface area (Å²) in [5, 5.41) is 0. The van der Waals surface area contributed by atoms with E-state index in [-0.39, 0.29) is 5.78 Å². The maximum Gasteiger partial charge on any atom is 0.186 e. The number of rotatable bonds is 5. The van der Waals surface area contributed by atoms with Crippen LogP contribution in [0.5, 0.6) is 0 Å². The topological polar surface area (TPSA) is 17.1 Å². The molecule has 0 aliphatic heterocycles. The summed E-state index contributed by atoms with van der Waals surface area (Å²) in [5.41, 5.74) is 1.83. The van der Waals surface area contributed by atoms with Gasteiger partial charge in [0.25, 0.3) is 0 Å². The van der Waals surface area contributed by atoms with Gasteiger partial charge in [-0.15, -0.1) is 11.8 Å². The second-order valence-corrected chi connectivity index (χ2v) is 5.34. The summed E-state index contributed by atoms with van der Waals surface area (Å²) in [6.07, 6.45) is 1.73. The Hall–Kier alpha value is -1.80. The van der Waals surface area contributed by atoms with Gasteiger partial charge in [-0.2, -0.15) is 0 Å². The van der Waals surface area contributed by atoms with Gasteiger partial charge in [-0.05, 0) is 11.3 Å². The van der Waals surface area contributed by atoms with Gasteiger partial charge in [0.05, 0.1) is 0 Å². The molecule has 19 heavy (non-hydrogen) atoms. The Balaban J connectivity index is 2.29.